The zero-order chi connectivity index (χ0) is 26.0. The fourth-order valence-electron chi connectivity index (χ4n) is 6.33. The summed E-state index contributed by atoms with van der Waals surface area (Å²) in [5.41, 5.74) is -2.46. The molecule has 35 heavy (non-hydrogen) atoms. The van der Waals surface area contributed by atoms with E-state index in [1.165, 1.54) is 4.90 Å². The van der Waals surface area contributed by atoms with Gasteiger partial charge in [0, 0.05) is 18.6 Å². The second-order valence-corrected chi connectivity index (χ2v) is 10.9. The molecule has 0 aromatic heterocycles. The molecule has 3 rings (SSSR count). The van der Waals surface area contributed by atoms with Gasteiger partial charge in [0.15, 0.2) is 0 Å². The Morgan fingerprint density at radius 1 is 1.26 bits per heavy atom. The van der Waals surface area contributed by atoms with E-state index in [0.29, 0.717) is 32.2 Å². The summed E-state index contributed by atoms with van der Waals surface area (Å²) in [6, 6.07) is -0.912. The van der Waals surface area contributed by atoms with Crippen LogP contribution < -0.4 is 0 Å². The highest BCUT2D eigenvalue weighted by molar-refractivity contribution is 5.98. The maximum Gasteiger partial charge on any atom is 0.312 e. The van der Waals surface area contributed by atoms with Crippen molar-refractivity contribution in [3.63, 3.8) is 0 Å². The van der Waals surface area contributed by atoms with Gasteiger partial charge in [0.1, 0.15) is 17.6 Å². The Morgan fingerprint density at radius 2 is 1.97 bits per heavy atom. The molecule has 0 aliphatic carbocycles. The minimum Gasteiger partial charge on any atom is -0.465 e. The number of β-amino-alcohol motifs (C(OH)–C–C–N with tert-alkyl or cyclic N) is 1. The number of unbranched alkanes of at least 4 members (excludes halogenated alkanes) is 2. The van der Waals surface area contributed by atoms with Gasteiger partial charge in [0.2, 0.25) is 11.8 Å². The molecule has 3 fully saturated rings. The highest BCUT2D eigenvalue weighted by Gasteiger charge is 2.79. The second kappa shape index (κ2) is 10.4. The maximum absolute atomic E-state index is 14.1. The van der Waals surface area contributed by atoms with Crippen molar-refractivity contribution in [2.75, 3.05) is 26.3 Å². The Hall–Kier alpha value is -2.19. The molecule has 3 saturated heterocycles. The first-order chi connectivity index (χ1) is 16.5. The quantitative estimate of drug-likeness (QED) is 0.257. The molecule has 0 aromatic carbocycles. The number of allylic oxidation sites excluding steroid dienone is 1. The fourth-order valence-corrected chi connectivity index (χ4v) is 6.33. The lowest BCUT2D eigenvalue weighted by Gasteiger charge is -2.42. The molecule has 2 amide bonds. The highest BCUT2D eigenvalue weighted by Crippen LogP contribution is 2.64. The maximum atomic E-state index is 14.1. The van der Waals surface area contributed by atoms with Crippen LogP contribution >= 0.6 is 0 Å². The lowest BCUT2D eigenvalue weighted by molar-refractivity contribution is -0.163. The van der Waals surface area contributed by atoms with Crippen molar-refractivity contribution in [2.45, 2.75) is 89.0 Å². The van der Waals surface area contributed by atoms with Gasteiger partial charge in [0.05, 0.1) is 24.7 Å². The molecule has 8 nitrogen and oxygen atoms in total. The van der Waals surface area contributed by atoms with E-state index in [0.717, 1.165) is 12.8 Å². The van der Waals surface area contributed by atoms with Crippen molar-refractivity contribution in [2.24, 2.45) is 11.8 Å². The molecule has 1 N–H and O–H groups in total. The molecular weight excluding hydrogens is 448 g/mol. The number of rotatable bonds is 12. The van der Waals surface area contributed by atoms with Crippen LogP contribution in [0.25, 0.3) is 0 Å². The summed E-state index contributed by atoms with van der Waals surface area (Å²) in [5, 5.41) is 9.76. The molecule has 196 valence electrons. The van der Waals surface area contributed by atoms with Gasteiger partial charge >= 0.3 is 5.97 Å². The number of carbonyl (C=O) groups is 3. The molecule has 3 aliphatic rings. The number of likely N-dealkylation sites (tertiary alicyclic amines) is 1. The third kappa shape index (κ3) is 4.55. The van der Waals surface area contributed by atoms with Gasteiger partial charge in [-0.05, 0) is 59.3 Å². The predicted octanol–water partition coefficient (Wildman–Crippen LogP) is 2.85. The van der Waals surface area contributed by atoms with Gasteiger partial charge in [-0.15, -0.1) is 13.2 Å². The first-order valence-corrected chi connectivity index (χ1v) is 12.9. The van der Waals surface area contributed by atoms with Crippen molar-refractivity contribution in [1.29, 1.82) is 0 Å². The van der Waals surface area contributed by atoms with E-state index in [1.807, 2.05) is 33.8 Å². The van der Waals surface area contributed by atoms with E-state index in [9.17, 15) is 19.5 Å². The highest BCUT2D eigenvalue weighted by atomic mass is 16.6. The number of nitrogens with zero attached hydrogens (tertiary/aromatic N) is 2. The molecule has 0 saturated carbocycles. The summed E-state index contributed by atoms with van der Waals surface area (Å²) in [4.78, 5) is 44.4. The lowest BCUT2D eigenvalue weighted by Crippen LogP contribution is -2.60. The largest absolute Gasteiger partial charge is 0.465 e. The number of amides is 2. The predicted molar refractivity (Wildman–Crippen MR) is 132 cm³/mol. The van der Waals surface area contributed by atoms with Gasteiger partial charge in [0.25, 0.3) is 0 Å². The average Bonchev–Trinajstić information content (AvgIpc) is 3.40. The molecular formula is C27H42N2O6. The van der Waals surface area contributed by atoms with Crippen LogP contribution in [0.2, 0.25) is 0 Å². The van der Waals surface area contributed by atoms with Crippen LogP contribution in [0, 0.1) is 11.8 Å². The van der Waals surface area contributed by atoms with Crippen molar-refractivity contribution < 1.29 is 29.0 Å². The van der Waals surface area contributed by atoms with Crippen molar-refractivity contribution in [3.8, 4) is 0 Å². The summed E-state index contributed by atoms with van der Waals surface area (Å²) >= 11 is 0. The number of hydrogen-bond donors (Lipinski definition) is 1. The molecule has 5 atom stereocenters. The number of fused-ring (bicyclic) bond motifs is 1. The lowest BCUT2D eigenvalue weighted by atomic mass is 9.65. The first kappa shape index (κ1) is 27.4. The third-order valence-electron chi connectivity index (χ3n) is 7.94. The average molecular weight is 491 g/mol. The molecule has 3 heterocycles. The minimum atomic E-state index is -1.11. The Bertz CT molecular complexity index is 851. The zero-order valence-corrected chi connectivity index (χ0v) is 21.8. The van der Waals surface area contributed by atoms with Gasteiger partial charge in [-0.1, -0.05) is 19.1 Å². The van der Waals surface area contributed by atoms with Crippen LogP contribution in [0.5, 0.6) is 0 Å². The fraction of sp³-hybridized carbons (Fsp3) is 0.741. The monoisotopic (exact) mass is 490 g/mol. The van der Waals surface area contributed by atoms with Crippen molar-refractivity contribution in [3.05, 3.63) is 25.3 Å². The summed E-state index contributed by atoms with van der Waals surface area (Å²) in [6.07, 6.45) is 7.57. The summed E-state index contributed by atoms with van der Waals surface area (Å²) in [5.74, 6) is -2.56. The first-order valence-electron chi connectivity index (χ1n) is 12.9. The van der Waals surface area contributed by atoms with Crippen LogP contribution in [0.3, 0.4) is 0 Å². The SMILES string of the molecule is C=CCCCCOC(=O)[C@@H]1[C@H]2C(=O)N(CCO)C(C(=O)N(CC=C)C(C)(C)C)C23CC[C@@]1(CC)O3. The number of carbonyl (C=O) groups excluding carboxylic acids is 3. The zero-order valence-electron chi connectivity index (χ0n) is 21.8. The Morgan fingerprint density at radius 3 is 2.54 bits per heavy atom. The number of hydrogen-bond acceptors (Lipinski definition) is 6. The number of ether oxygens (including phenoxy) is 2. The summed E-state index contributed by atoms with van der Waals surface area (Å²) in [7, 11) is 0. The van der Waals surface area contributed by atoms with Crippen LogP contribution in [0.4, 0.5) is 0 Å². The standard InChI is InChI=1S/C27H42N2O6/c1-7-10-11-12-18-34-24(33)20-19-22(31)28(16-17-30)21(23(32)29(15-8-2)25(4,5)6)27(19)14-13-26(20,9-3)35-27/h7-8,19-21,30H,1-2,9-18H2,3-6H3/t19-,20-,21?,26+,27?/m0/s1. The Balaban J connectivity index is 1.98. The second-order valence-electron chi connectivity index (χ2n) is 10.9. The van der Waals surface area contributed by atoms with Crippen LogP contribution in [-0.2, 0) is 23.9 Å². The van der Waals surface area contributed by atoms with Gasteiger partial charge in [-0.2, -0.15) is 0 Å². The van der Waals surface area contributed by atoms with E-state index < -0.39 is 40.6 Å². The molecule has 0 radical (unpaired) electrons. The van der Waals surface area contributed by atoms with Gasteiger partial charge in [-0.3, -0.25) is 14.4 Å². The minimum absolute atomic E-state index is 0.00533. The van der Waals surface area contributed by atoms with Crippen LogP contribution in [0.1, 0.15) is 66.2 Å². The third-order valence-corrected chi connectivity index (χ3v) is 7.94. The smallest absolute Gasteiger partial charge is 0.312 e. The van der Waals surface area contributed by atoms with Gasteiger partial charge < -0.3 is 24.4 Å². The number of aliphatic hydroxyl groups excluding tert-OH is 1. The normalized spacial score (nSPS) is 31.4. The Kier molecular flexibility index (Phi) is 8.16. The van der Waals surface area contributed by atoms with E-state index in [-0.39, 0.29) is 31.6 Å². The van der Waals surface area contributed by atoms with E-state index in [4.69, 9.17) is 9.47 Å². The Labute approximate surface area is 209 Å². The van der Waals surface area contributed by atoms with Crippen molar-refractivity contribution in [1.82, 2.24) is 9.80 Å². The number of aliphatic hydroxyl groups is 1. The summed E-state index contributed by atoms with van der Waals surface area (Å²) < 4.78 is 12.3. The summed E-state index contributed by atoms with van der Waals surface area (Å²) in [6.45, 7) is 15.6. The van der Waals surface area contributed by atoms with Crippen molar-refractivity contribution >= 4 is 17.8 Å². The van der Waals surface area contributed by atoms with Gasteiger partial charge in [-0.25, -0.2) is 0 Å². The molecule has 3 aliphatic heterocycles. The topological polar surface area (TPSA) is 96.4 Å². The molecule has 8 heteroatoms. The molecule has 2 unspecified atom stereocenters. The van der Waals surface area contributed by atoms with Crippen LogP contribution in [0.15, 0.2) is 25.3 Å². The van der Waals surface area contributed by atoms with Crippen LogP contribution in [-0.4, -0.2) is 81.8 Å². The van der Waals surface area contributed by atoms with E-state index >= 15 is 0 Å². The molecule has 0 aromatic rings. The van der Waals surface area contributed by atoms with E-state index in [1.54, 1.807) is 11.0 Å². The number of esters is 1. The molecule has 1 spiro atoms. The van der Waals surface area contributed by atoms with E-state index in [2.05, 4.69) is 13.2 Å². The molecule has 2 bridgehead atoms.